The van der Waals surface area contributed by atoms with Crippen LogP contribution in [-0.4, -0.2) is 37.6 Å². The maximum absolute atomic E-state index is 3.71. The van der Waals surface area contributed by atoms with Gasteiger partial charge in [-0.1, -0.05) is 40.0 Å². The lowest BCUT2D eigenvalue weighted by molar-refractivity contribution is 0.334. The topological polar surface area (TPSA) is 15.3 Å². The maximum atomic E-state index is 3.71. The predicted molar refractivity (Wildman–Crippen MR) is 76.4 cm³/mol. The van der Waals surface area contributed by atoms with E-state index in [0.717, 1.165) is 11.8 Å². The highest BCUT2D eigenvalue weighted by atomic mass is 15.1. The lowest BCUT2D eigenvalue weighted by Gasteiger charge is -2.18. The standard InChI is InChI=1S/C15H32N2/c1-4-7-8-14(5-2)11-16-12-15-9-10-17(6-3)13-15/h14-16H,4-13H2,1-3H3. The zero-order valence-electron chi connectivity index (χ0n) is 12.2. The maximum Gasteiger partial charge on any atom is 0.00222 e. The molecule has 1 fully saturated rings. The van der Waals surface area contributed by atoms with Gasteiger partial charge in [0.15, 0.2) is 0 Å². The van der Waals surface area contributed by atoms with Crippen LogP contribution in [0.5, 0.6) is 0 Å². The van der Waals surface area contributed by atoms with E-state index in [0.29, 0.717) is 0 Å². The number of hydrogen-bond acceptors (Lipinski definition) is 2. The molecule has 0 aromatic rings. The van der Waals surface area contributed by atoms with Crippen molar-refractivity contribution in [3.63, 3.8) is 0 Å². The molecule has 2 heteroatoms. The van der Waals surface area contributed by atoms with Crippen molar-refractivity contribution >= 4 is 0 Å². The second-order valence-electron chi connectivity index (χ2n) is 5.62. The highest BCUT2D eigenvalue weighted by Gasteiger charge is 2.20. The Hall–Kier alpha value is -0.0800. The molecule has 1 aliphatic rings. The molecule has 1 aliphatic heterocycles. The van der Waals surface area contributed by atoms with Gasteiger partial charge in [-0.15, -0.1) is 0 Å². The fraction of sp³-hybridized carbons (Fsp3) is 1.00. The summed E-state index contributed by atoms with van der Waals surface area (Å²) in [6.07, 6.45) is 6.87. The molecule has 2 atom stereocenters. The Morgan fingerprint density at radius 3 is 2.71 bits per heavy atom. The SMILES string of the molecule is CCCCC(CC)CNCC1CCN(CC)C1. The molecule has 2 unspecified atom stereocenters. The van der Waals surface area contributed by atoms with Crippen molar-refractivity contribution in [3.8, 4) is 0 Å². The normalized spacial score (nSPS) is 23.1. The van der Waals surface area contributed by atoms with Gasteiger partial charge in [0.05, 0.1) is 0 Å². The fourth-order valence-corrected chi connectivity index (χ4v) is 2.80. The highest BCUT2D eigenvalue weighted by Crippen LogP contribution is 2.15. The van der Waals surface area contributed by atoms with Crippen molar-refractivity contribution in [2.45, 2.75) is 52.9 Å². The molecule has 0 radical (unpaired) electrons. The number of nitrogens with one attached hydrogen (secondary N) is 1. The van der Waals surface area contributed by atoms with E-state index in [1.165, 1.54) is 64.8 Å². The molecular formula is C15H32N2. The Morgan fingerprint density at radius 2 is 2.12 bits per heavy atom. The van der Waals surface area contributed by atoms with Gasteiger partial charge < -0.3 is 10.2 Å². The van der Waals surface area contributed by atoms with E-state index >= 15 is 0 Å². The summed E-state index contributed by atoms with van der Waals surface area (Å²) in [6.45, 7) is 13.2. The van der Waals surface area contributed by atoms with Crippen molar-refractivity contribution < 1.29 is 0 Å². The third kappa shape index (κ3) is 5.87. The number of unbranched alkanes of at least 4 members (excludes halogenated alkanes) is 1. The monoisotopic (exact) mass is 240 g/mol. The molecule has 17 heavy (non-hydrogen) atoms. The van der Waals surface area contributed by atoms with Gasteiger partial charge in [-0.05, 0) is 50.9 Å². The molecule has 0 bridgehead atoms. The molecule has 0 aliphatic carbocycles. The molecule has 102 valence electrons. The average Bonchev–Trinajstić information content (AvgIpc) is 2.81. The first-order valence-electron chi connectivity index (χ1n) is 7.73. The minimum atomic E-state index is 0.902. The van der Waals surface area contributed by atoms with E-state index in [9.17, 15) is 0 Å². The third-order valence-corrected chi connectivity index (χ3v) is 4.23. The average molecular weight is 240 g/mol. The summed E-state index contributed by atoms with van der Waals surface area (Å²) in [5.41, 5.74) is 0. The molecule has 2 nitrogen and oxygen atoms in total. The summed E-state index contributed by atoms with van der Waals surface area (Å²) >= 11 is 0. The molecule has 1 saturated heterocycles. The van der Waals surface area contributed by atoms with Crippen LogP contribution in [0.25, 0.3) is 0 Å². The van der Waals surface area contributed by atoms with Gasteiger partial charge in [0, 0.05) is 6.54 Å². The van der Waals surface area contributed by atoms with Gasteiger partial charge in [0.1, 0.15) is 0 Å². The van der Waals surface area contributed by atoms with Crippen LogP contribution in [0.15, 0.2) is 0 Å². The van der Waals surface area contributed by atoms with Crippen LogP contribution in [0.3, 0.4) is 0 Å². The minimum Gasteiger partial charge on any atom is -0.316 e. The summed E-state index contributed by atoms with van der Waals surface area (Å²) in [5.74, 6) is 1.80. The summed E-state index contributed by atoms with van der Waals surface area (Å²) in [6, 6.07) is 0. The zero-order chi connectivity index (χ0) is 12.5. The summed E-state index contributed by atoms with van der Waals surface area (Å²) in [4.78, 5) is 2.57. The van der Waals surface area contributed by atoms with Crippen LogP contribution in [0, 0.1) is 11.8 Å². The van der Waals surface area contributed by atoms with Crippen LogP contribution in [0.2, 0.25) is 0 Å². The van der Waals surface area contributed by atoms with Crippen molar-refractivity contribution in [2.24, 2.45) is 11.8 Å². The summed E-state index contributed by atoms with van der Waals surface area (Å²) in [7, 11) is 0. The molecule has 0 aromatic heterocycles. The zero-order valence-corrected chi connectivity index (χ0v) is 12.2. The van der Waals surface area contributed by atoms with Crippen molar-refractivity contribution in [1.82, 2.24) is 10.2 Å². The van der Waals surface area contributed by atoms with Gasteiger partial charge in [-0.2, -0.15) is 0 Å². The number of rotatable bonds is 9. The summed E-state index contributed by atoms with van der Waals surface area (Å²) in [5, 5.41) is 3.71. The van der Waals surface area contributed by atoms with Gasteiger partial charge in [0.25, 0.3) is 0 Å². The highest BCUT2D eigenvalue weighted by molar-refractivity contribution is 4.76. The van der Waals surface area contributed by atoms with Crippen LogP contribution < -0.4 is 5.32 Å². The third-order valence-electron chi connectivity index (χ3n) is 4.23. The Kier molecular flexibility index (Phi) is 7.87. The van der Waals surface area contributed by atoms with E-state index in [2.05, 4.69) is 31.0 Å². The van der Waals surface area contributed by atoms with Crippen LogP contribution >= 0.6 is 0 Å². The minimum absolute atomic E-state index is 0.902. The Morgan fingerprint density at radius 1 is 1.29 bits per heavy atom. The van der Waals surface area contributed by atoms with Crippen LogP contribution in [0.4, 0.5) is 0 Å². The molecule has 1 N–H and O–H groups in total. The first-order chi connectivity index (χ1) is 8.30. The first kappa shape index (κ1) is 15.0. The lowest BCUT2D eigenvalue weighted by Crippen LogP contribution is -2.30. The molecule has 0 aromatic carbocycles. The van der Waals surface area contributed by atoms with Gasteiger partial charge in [-0.25, -0.2) is 0 Å². The van der Waals surface area contributed by atoms with Gasteiger partial charge in [0.2, 0.25) is 0 Å². The quantitative estimate of drug-likeness (QED) is 0.666. The Labute approximate surface area is 108 Å². The van der Waals surface area contributed by atoms with E-state index in [1.54, 1.807) is 0 Å². The molecule has 1 heterocycles. The van der Waals surface area contributed by atoms with Crippen molar-refractivity contribution in [3.05, 3.63) is 0 Å². The molecule has 1 rings (SSSR count). The van der Waals surface area contributed by atoms with Crippen molar-refractivity contribution in [2.75, 3.05) is 32.7 Å². The largest absolute Gasteiger partial charge is 0.316 e. The molecule has 0 spiro atoms. The number of hydrogen-bond donors (Lipinski definition) is 1. The second kappa shape index (κ2) is 8.93. The Bertz CT molecular complexity index is 180. The van der Waals surface area contributed by atoms with Crippen molar-refractivity contribution in [1.29, 1.82) is 0 Å². The smallest absolute Gasteiger partial charge is 0.00222 e. The van der Waals surface area contributed by atoms with Gasteiger partial charge in [-0.3, -0.25) is 0 Å². The molecule has 0 amide bonds. The fourth-order valence-electron chi connectivity index (χ4n) is 2.80. The van der Waals surface area contributed by atoms with E-state index in [4.69, 9.17) is 0 Å². The predicted octanol–water partition coefficient (Wildman–Crippen LogP) is 3.13. The second-order valence-corrected chi connectivity index (χ2v) is 5.62. The Balaban J connectivity index is 2.06. The summed E-state index contributed by atoms with van der Waals surface area (Å²) < 4.78 is 0. The van der Waals surface area contributed by atoms with Gasteiger partial charge >= 0.3 is 0 Å². The van der Waals surface area contributed by atoms with Crippen LogP contribution in [-0.2, 0) is 0 Å². The van der Waals surface area contributed by atoms with Crippen LogP contribution in [0.1, 0.15) is 52.9 Å². The molecular weight excluding hydrogens is 208 g/mol. The van der Waals surface area contributed by atoms with E-state index in [1.807, 2.05) is 0 Å². The van der Waals surface area contributed by atoms with E-state index < -0.39 is 0 Å². The molecule has 0 saturated carbocycles. The lowest BCUT2D eigenvalue weighted by atomic mass is 9.99. The number of nitrogens with zero attached hydrogens (tertiary/aromatic N) is 1. The first-order valence-corrected chi connectivity index (χ1v) is 7.73. The van der Waals surface area contributed by atoms with E-state index in [-0.39, 0.29) is 0 Å². The number of likely N-dealkylation sites (tertiary alicyclic amines) is 1.